The summed E-state index contributed by atoms with van der Waals surface area (Å²) in [5.74, 6) is -2.20. The van der Waals surface area contributed by atoms with Crippen LogP contribution in [0, 0.1) is 11.8 Å². The molecule has 2 saturated heterocycles. The Bertz CT molecular complexity index is 800. The molecule has 0 aromatic heterocycles. The maximum absolute atomic E-state index is 12.8. The normalized spacial score (nSPS) is 33.8. The SMILES string of the molecule is CC1=CCC[C@@]2(C)O[C@H]2[C@H]2OC(=O)[C@@H](CN(C)C3CCCCC3)[C@@H]2CC1.O=C(O)/C=C/C(=O)O. The lowest BCUT2D eigenvalue weighted by atomic mass is 9.80. The van der Waals surface area contributed by atoms with Crippen LogP contribution in [0.25, 0.3) is 0 Å². The van der Waals surface area contributed by atoms with Gasteiger partial charge in [0.15, 0.2) is 0 Å². The number of rotatable bonds is 5. The first-order chi connectivity index (χ1) is 16.1. The first kappa shape index (κ1) is 26.4. The molecule has 4 aliphatic rings. The number of carbonyl (C=O) groups excluding carboxylic acids is 1. The smallest absolute Gasteiger partial charge is 0.328 e. The third kappa shape index (κ3) is 6.92. The molecule has 3 fully saturated rings. The number of epoxide rings is 1. The molecule has 2 aliphatic heterocycles. The standard InChI is InChI=1S/C22H35NO3.C4H4O4/c1-15-8-7-13-22(2)20(26-22)19-17(12-11-15)18(21(24)25-19)14-23(3)16-9-5-4-6-10-16;5-3(6)1-2-4(7)8/h8,16-20H,4-7,9-14H2,1-3H3;1-2H,(H,5,6)(H,7,8)/b;2-1+/t17-,18-,19-,20-,22+;/m0./s1. The maximum atomic E-state index is 12.8. The van der Waals surface area contributed by atoms with Crippen LogP contribution in [-0.2, 0) is 23.9 Å². The van der Waals surface area contributed by atoms with Crippen LogP contribution < -0.4 is 0 Å². The molecule has 0 radical (unpaired) electrons. The monoisotopic (exact) mass is 477 g/mol. The molecule has 0 aromatic carbocycles. The van der Waals surface area contributed by atoms with Gasteiger partial charge in [0.05, 0.1) is 11.5 Å². The maximum Gasteiger partial charge on any atom is 0.328 e. The number of allylic oxidation sites excluding steroid dienone is 2. The number of aliphatic carboxylic acids is 2. The molecule has 8 heteroatoms. The van der Waals surface area contributed by atoms with Gasteiger partial charge in [-0.05, 0) is 59.4 Å². The summed E-state index contributed by atoms with van der Waals surface area (Å²) in [5, 5.41) is 15.6. The Kier molecular flexibility index (Phi) is 8.93. The zero-order valence-electron chi connectivity index (χ0n) is 20.6. The quantitative estimate of drug-likeness (QED) is 0.266. The van der Waals surface area contributed by atoms with Gasteiger partial charge in [0.2, 0.25) is 0 Å². The lowest BCUT2D eigenvalue weighted by Crippen LogP contribution is -2.40. The van der Waals surface area contributed by atoms with Crippen LogP contribution in [0.1, 0.15) is 71.6 Å². The second kappa shape index (κ2) is 11.5. The molecule has 5 atom stereocenters. The Labute approximate surface area is 202 Å². The number of nitrogens with zero attached hydrogens (tertiary/aromatic N) is 1. The van der Waals surface area contributed by atoms with Crippen LogP contribution >= 0.6 is 0 Å². The third-order valence-corrected chi connectivity index (χ3v) is 7.79. The van der Waals surface area contributed by atoms with E-state index in [4.69, 9.17) is 19.7 Å². The lowest BCUT2D eigenvalue weighted by molar-refractivity contribution is -0.145. The molecular weight excluding hydrogens is 438 g/mol. The Hall–Kier alpha value is -2.19. The number of carbonyl (C=O) groups is 3. The van der Waals surface area contributed by atoms with E-state index in [2.05, 4.69) is 31.9 Å². The van der Waals surface area contributed by atoms with Crippen molar-refractivity contribution in [1.82, 2.24) is 4.90 Å². The van der Waals surface area contributed by atoms with Crippen LogP contribution in [0.2, 0.25) is 0 Å². The van der Waals surface area contributed by atoms with Crippen molar-refractivity contribution in [2.75, 3.05) is 13.6 Å². The summed E-state index contributed by atoms with van der Waals surface area (Å²) in [6.07, 6.45) is 14.3. The van der Waals surface area contributed by atoms with Gasteiger partial charge in [-0.15, -0.1) is 0 Å². The number of hydrogen-bond donors (Lipinski definition) is 2. The van der Waals surface area contributed by atoms with Crippen molar-refractivity contribution in [3.05, 3.63) is 23.8 Å². The first-order valence-corrected chi connectivity index (χ1v) is 12.5. The van der Waals surface area contributed by atoms with E-state index in [1.165, 1.54) is 37.7 Å². The molecule has 0 unspecified atom stereocenters. The van der Waals surface area contributed by atoms with Crippen LogP contribution in [0.3, 0.4) is 0 Å². The molecule has 190 valence electrons. The van der Waals surface area contributed by atoms with E-state index in [1.54, 1.807) is 0 Å². The van der Waals surface area contributed by atoms with E-state index in [0.717, 1.165) is 32.2 Å². The Balaban J connectivity index is 0.000000350. The zero-order chi connectivity index (χ0) is 24.9. The minimum absolute atomic E-state index is 0.00704. The Morgan fingerprint density at radius 2 is 1.79 bits per heavy atom. The predicted molar refractivity (Wildman–Crippen MR) is 126 cm³/mol. The second-order valence-electron chi connectivity index (χ2n) is 10.4. The van der Waals surface area contributed by atoms with E-state index >= 15 is 0 Å². The summed E-state index contributed by atoms with van der Waals surface area (Å²) >= 11 is 0. The van der Waals surface area contributed by atoms with Gasteiger partial charge in [0.25, 0.3) is 0 Å². The van der Waals surface area contributed by atoms with Crippen molar-refractivity contribution in [2.45, 2.75) is 95.5 Å². The van der Waals surface area contributed by atoms with Gasteiger partial charge >= 0.3 is 17.9 Å². The third-order valence-electron chi connectivity index (χ3n) is 7.79. The van der Waals surface area contributed by atoms with Crippen LogP contribution in [0.5, 0.6) is 0 Å². The number of hydrogen-bond acceptors (Lipinski definition) is 6. The molecule has 0 aromatic rings. The fraction of sp³-hybridized carbons (Fsp3) is 0.731. The first-order valence-electron chi connectivity index (χ1n) is 12.5. The molecule has 0 spiro atoms. The van der Waals surface area contributed by atoms with Crippen molar-refractivity contribution >= 4 is 17.9 Å². The number of carboxylic acid groups (broad SMARTS) is 2. The highest BCUT2D eigenvalue weighted by molar-refractivity contribution is 5.89. The van der Waals surface area contributed by atoms with E-state index < -0.39 is 11.9 Å². The van der Waals surface area contributed by atoms with Crippen LogP contribution in [0.15, 0.2) is 23.8 Å². The fourth-order valence-electron chi connectivity index (χ4n) is 5.67. The van der Waals surface area contributed by atoms with Gasteiger partial charge in [-0.3, -0.25) is 4.79 Å². The van der Waals surface area contributed by atoms with Crippen molar-refractivity contribution in [2.24, 2.45) is 11.8 Å². The number of esters is 1. The second-order valence-corrected chi connectivity index (χ2v) is 10.4. The molecule has 2 N–H and O–H groups in total. The highest BCUT2D eigenvalue weighted by atomic mass is 16.6. The molecule has 0 bridgehead atoms. The highest BCUT2D eigenvalue weighted by Crippen LogP contribution is 2.50. The van der Waals surface area contributed by atoms with Gasteiger partial charge in [-0.2, -0.15) is 0 Å². The van der Waals surface area contributed by atoms with Crippen LogP contribution in [0.4, 0.5) is 0 Å². The fourth-order valence-corrected chi connectivity index (χ4v) is 5.67. The molecule has 1 saturated carbocycles. The molecule has 8 nitrogen and oxygen atoms in total. The molecule has 2 heterocycles. The minimum atomic E-state index is -1.26. The van der Waals surface area contributed by atoms with Gasteiger partial charge in [0, 0.05) is 30.7 Å². The molecule has 2 aliphatic carbocycles. The van der Waals surface area contributed by atoms with E-state index in [0.29, 0.717) is 24.1 Å². The number of fused-ring (bicyclic) bond motifs is 3. The lowest BCUT2D eigenvalue weighted by Gasteiger charge is -2.33. The van der Waals surface area contributed by atoms with E-state index in [-0.39, 0.29) is 29.7 Å². The van der Waals surface area contributed by atoms with Gasteiger partial charge in [0.1, 0.15) is 12.2 Å². The average Bonchev–Trinajstić information content (AvgIpc) is 3.37. The summed E-state index contributed by atoms with van der Waals surface area (Å²) in [7, 11) is 2.21. The van der Waals surface area contributed by atoms with Gasteiger partial charge in [-0.1, -0.05) is 30.9 Å². The number of ether oxygens (including phenoxy) is 2. The van der Waals surface area contributed by atoms with Crippen molar-refractivity contribution in [3.8, 4) is 0 Å². The van der Waals surface area contributed by atoms with Crippen molar-refractivity contribution < 1.29 is 34.1 Å². The predicted octanol–water partition coefficient (Wildman–Crippen LogP) is 3.80. The summed E-state index contributed by atoms with van der Waals surface area (Å²) < 4.78 is 12.0. The van der Waals surface area contributed by atoms with Crippen LogP contribution in [-0.4, -0.2) is 70.5 Å². The summed E-state index contributed by atoms with van der Waals surface area (Å²) in [6.45, 7) is 5.26. The average molecular weight is 478 g/mol. The molecular formula is C26H39NO7. The van der Waals surface area contributed by atoms with Gasteiger partial charge in [-0.25, -0.2) is 9.59 Å². The number of carboxylic acids is 2. The van der Waals surface area contributed by atoms with Gasteiger partial charge < -0.3 is 24.6 Å². The Morgan fingerprint density at radius 1 is 1.15 bits per heavy atom. The minimum Gasteiger partial charge on any atom is -0.478 e. The van der Waals surface area contributed by atoms with Crippen molar-refractivity contribution in [1.29, 1.82) is 0 Å². The van der Waals surface area contributed by atoms with E-state index in [9.17, 15) is 14.4 Å². The highest BCUT2D eigenvalue weighted by Gasteiger charge is 2.62. The molecule has 0 amide bonds. The summed E-state index contributed by atoms with van der Waals surface area (Å²) in [5.41, 5.74) is 1.35. The Morgan fingerprint density at radius 3 is 2.41 bits per heavy atom. The molecule has 34 heavy (non-hydrogen) atoms. The van der Waals surface area contributed by atoms with E-state index in [1.807, 2.05) is 0 Å². The summed E-state index contributed by atoms with van der Waals surface area (Å²) in [6, 6.07) is 0.638. The van der Waals surface area contributed by atoms with Crippen molar-refractivity contribution in [3.63, 3.8) is 0 Å². The zero-order valence-corrected chi connectivity index (χ0v) is 20.6. The molecule has 4 rings (SSSR count). The summed E-state index contributed by atoms with van der Waals surface area (Å²) in [4.78, 5) is 34.3. The largest absolute Gasteiger partial charge is 0.478 e. The topological polar surface area (TPSA) is 117 Å².